The molecule has 7 heteroatoms. The summed E-state index contributed by atoms with van der Waals surface area (Å²) in [5.74, 6) is -0.546. The average Bonchev–Trinajstić information content (AvgIpc) is 2.41. The molecule has 1 aromatic rings. The molecule has 0 radical (unpaired) electrons. The molecule has 20 heavy (non-hydrogen) atoms. The number of rotatable bonds is 5. The molecule has 0 bridgehead atoms. The molecule has 0 atom stereocenters. The van der Waals surface area contributed by atoms with Crippen LogP contribution in [0, 0.1) is 5.92 Å². The molecule has 1 saturated carbocycles. The number of carbonyl (C=O) groups is 1. The van der Waals surface area contributed by atoms with Gasteiger partial charge >= 0.3 is 5.97 Å². The van der Waals surface area contributed by atoms with Crippen molar-refractivity contribution in [2.75, 3.05) is 13.7 Å². The van der Waals surface area contributed by atoms with E-state index >= 15 is 0 Å². The van der Waals surface area contributed by atoms with Crippen LogP contribution in [-0.2, 0) is 14.8 Å². The molecule has 110 valence electrons. The van der Waals surface area contributed by atoms with Crippen LogP contribution in [-0.4, -0.2) is 39.3 Å². The van der Waals surface area contributed by atoms with E-state index in [9.17, 15) is 18.3 Å². The van der Waals surface area contributed by atoms with Crippen molar-refractivity contribution < 1.29 is 23.1 Å². The lowest BCUT2D eigenvalue weighted by Gasteiger charge is -2.31. The predicted molar refractivity (Wildman–Crippen MR) is 71.7 cm³/mol. The normalized spacial score (nSPS) is 22.1. The van der Waals surface area contributed by atoms with Crippen LogP contribution in [0.2, 0.25) is 0 Å². The van der Waals surface area contributed by atoms with Gasteiger partial charge in [-0.15, -0.1) is 0 Å². The maximum atomic E-state index is 12.2. The van der Waals surface area contributed by atoms with E-state index in [4.69, 9.17) is 0 Å². The molecule has 0 unspecified atom stereocenters. The molecule has 0 heterocycles. The molecular weight excluding hydrogens is 282 g/mol. The van der Waals surface area contributed by atoms with Gasteiger partial charge < -0.3 is 9.84 Å². The quantitative estimate of drug-likeness (QED) is 0.773. The molecule has 2 rings (SSSR count). The number of benzene rings is 1. The summed E-state index contributed by atoms with van der Waals surface area (Å²) >= 11 is 0. The van der Waals surface area contributed by atoms with Crippen molar-refractivity contribution in [2.24, 2.45) is 5.92 Å². The van der Waals surface area contributed by atoms with Gasteiger partial charge in [0.2, 0.25) is 10.0 Å². The van der Waals surface area contributed by atoms with Crippen molar-refractivity contribution in [1.29, 1.82) is 0 Å². The Kier molecular flexibility index (Phi) is 4.42. The molecule has 0 aliphatic heterocycles. The van der Waals surface area contributed by atoms with E-state index in [1.54, 1.807) is 12.1 Å². The fourth-order valence-corrected chi connectivity index (χ4v) is 3.46. The first-order valence-electron chi connectivity index (χ1n) is 6.29. The van der Waals surface area contributed by atoms with Crippen LogP contribution < -0.4 is 4.72 Å². The SMILES string of the molecule is COC(=O)c1ccccc1S(=O)(=O)NCC1CC(O)C1. The highest BCUT2D eigenvalue weighted by atomic mass is 32.2. The van der Waals surface area contributed by atoms with Crippen LogP contribution in [0.25, 0.3) is 0 Å². The van der Waals surface area contributed by atoms with Gasteiger partial charge in [-0.25, -0.2) is 17.9 Å². The Labute approximate surface area is 117 Å². The third-order valence-electron chi connectivity index (χ3n) is 3.35. The summed E-state index contributed by atoms with van der Waals surface area (Å²) in [5, 5.41) is 9.18. The monoisotopic (exact) mass is 299 g/mol. The molecule has 0 aromatic heterocycles. The van der Waals surface area contributed by atoms with Gasteiger partial charge in [0, 0.05) is 6.54 Å². The van der Waals surface area contributed by atoms with Crippen molar-refractivity contribution in [2.45, 2.75) is 23.8 Å². The van der Waals surface area contributed by atoms with Crippen LogP contribution >= 0.6 is 0 Å². The number of hydrogen-bond acceptors (Lipinski definition) is 5. The lowest BCUT2D eigenvalue weighted by Crippen LogP contribution is -2.38. The van der Waals surface area contributed by atoms with Crippen LogP contribution in [0.15, 0.2) is 29.2 Å². The van der Waals surface area contributed by atoms with E-state index in [2.05, 4.69) is 9.46 Å². The third-order valence-corrected chi connectivity index (χ3v) is 4.84. The van der Waals surface area contributed by atoms with Gasteiger partial charge in [0.05, 0.1) is 23.7 Å². The number of nitrogens with one attached hydrogen (secondary N) is 1. The van der Waals surface area contributed by atoms with Gasteiger partial charge in [-0.2, -0.15) is 0 Å². The van der Waals surface area contributed by atoms with Crippen LogP contribution in [0.1, 0.15) is 23.2 Å². The highest BCUT2D eigenvalue weighted by Gasteiger charge is 2.29. The second-order valence-electron chi connectivity index (χ2n) is 4.83. The highest BCUT2D eigenvalue weighted by Crippen LogP contribution is 2.27. The Balaban J connectivity index is 2.14. The second-order valence-corrected chi connectivity index (χ2v) is 6.57. The van der Waals surface area contributed by atoms with Gasteiger partial charge in [0.25, 0.3) is 0 Å². The molecule has 2 N–H and O–H groups in total. The summed E-state index contributed by atoms with van der Waals surface area (Å²) < 4.78 is 31.5. The average molecular weight is 299 g/mol. The molecule has 0 saturated heterocycles. The van der Waals surface area contributed by atoms with Gasteiger partial charge in [-0.05, 0) is 30.9 Å². The Morgan fingerprint density at radius 3 is 2.65 bits per heavy atom. The van der Waals surface area contributed by atoms with E-state index in [0.717, 1.165) is 0 Å². The van der Waals surface area contributed by atoms with E-state index in [1.807, 2.05) is 0 Å². The Morgan fingerprint density at radius 1 is 1.40 bits per heavy atom. The number of sulfonamides is 1. The number of carbonyl (C=O) groups excluding carboxylic acids is 1. The zero-order chi connectivity index (χ0) is 14.8. The molecule has 1 aliphatic rings. The van der Waals surface area contributed by atoms with Crippen LogP contribution in [0.3, 0.4) is 0 Å². The maximum absolute atomic E-state index is 12.2. The first kappa shape index (κ1) is 15.0. The number of aliphatic hydroxyl groups excluding tert-OH is 1. The molecule has 1 aliphatic carbocycles. The fraction of sp³-hybridized carbons (Fsp3) is 0.462. The summed E-state index contributed by atoms with van der Waals surface area (Å²) in [6.07, 6.45) is 0.870. The summed E-state index contributed by atoms with van der Waals surface area (Å²) in [5.41, 5.74) is 0.0103. The zero-order valence-corrected chi connectivity index (χ0v) is 11.9. The third kappa shape index (κ3) is 3.17. The Morgan fingerprint density at radius 2 is 2.05 bits per heavy atom. The lowest BCUT2D eigenvalue weighted by atomic mass is 9.83. The lowest BCUT2D eigenvalue weighted by molar-refractivity contribution is 0.0453. The topological polar surface area (TPSA) is 92.7 Å². The van der Waals surface area contributed by atoms with Crippen molar-refractivity contribution in [1.82, 2.24) is 4.72 Å². The molecule has 1 fully saturated rings. The van der Waals surface area contributed by atoms with Crippen molar-refractivity contribution in [3.8, 4) is 0 Å². The largest absolute Gasteiger partial charge is 0.465 e. The van der Waals surface area contributed by atoms with Gasteiger partial charge in [0.1, 0.15) is 0 Å². The minimum absolute atomic E-state index is 0.0103. The number of hydrogen-bond donors (Lipinski definition) is 2. The standard InChI is InChI=1S/C13H17NO5S/c1-19-13(16)11-4-2-3-5-12(11)20(17,18)14-8-9-6-10(15)7-9/h2-5,9-10,14-15H,6-8H2,1H3. The van der Waals surface area contributed by atoms with Gasteiger partial charge in [0.15, 0.2) is 0 Å². The van der Waals surface area contributed by atoms with Crippen LogP contribution in [0.4, 0.5) is 0 Å². The first-order valence-corrected chi connectivity index (χ1v) is 7.77. The number of ether oxygens (including phenoxy) is 1. The van der Waals surface area contributed by atoms with Crippen molar-refractivity contribution >= 4 is 16.0 Å². The number of aliphatic hydroxyl groups is 1. The first-order chi connectivity index (χ1) is 9.44. The highest BCUT2D eigenvalue weighted by molar-refractivity contribution is 7.89. The Hall–Kier alpha value is -1.44. The summed E-state index contributed by atoms with van der Waals surface area (Å²) in [6, 6.07) is 5.90. The maximum Gasteiger partial charge on any atom is 0.339 e. The van der Waals surface area contributed by atoms with Crippen molar-refractivity contribution in [3.05, 3.63) is 29.8 Å². The number of esters is 1. The molecule has 1 aromatic carbocycles. The number of methoxy groups -OCH3 is 1. The van der Waals surface area contributed by atoms with Gasteiger partial charge in [-0.3, -0.25) is 0 Å². The second kappa shape index (κ2) is 5.90. The zero-order valence-electron chi connectivity index (χ0n) is 11.1. The van der Waals surface area contributed by atoms with E-state index < -0.39 is 16.0 Å². The van der Waals surface area contributed by atoms with Crippen molar-refractivity contribution in [3.63, 3.8) is 0 Å². The molecule has 0 spiro atoms. The summed E-state index contributed by atoms with van der Waals surface area (Å²) in [4.78, 5) is 11.5. The fourth-order valence-electron chi connectivity index (χ4n) is 2.15. The molecular formula is C13H17NO5S. The predicted octanol–water partition coefficient (Wildman–Crippen LogP) is 0.522. The van der Waals surface area contributed by atoms with E-state index in [1.165, 1.54) is 19.2 Å². The smallest absolute Gasteiger partial charge is 0.339 e. The summed E-state index contributed by atoms with van der Waals surface area (Å²) in [7, 11) is -2.56. The minimum Gasteiger partial charge on any atom is -0.465 e. The Bertz CT molecular complexity index is 593. The molecule has 0 amide bonds. The van der Waals surface area contributed by atoms with E-state index in [0.29, 0.717) is 12.8 Å². The van der Waals surface area contributed by atoms with Crippen LogP contribution in [0.5, 0.6) is 0 Å². The molecule has 6 nitrogen and oxygen atoms in total. The summed E-state index contributed by atoms with van der Waals surface area (Å²) in [6.45, 7) is 0.259. The van der Waals surface area contributed by atoms with E-state index in [-0.39, 0.29) is 29.0 Å². The minimum atomic E-state index is -3.77. The van der Waals surface area contributed by atoms with Gasteiger partial charge in [-0.1, -0.05) is 12.1 Å².